The van der Waals surface area contributed by atoms with E-state index in [9.17, 15) is 4.79 Å². The molecule has 0 bridgehead atoms. The molecule has 0 heterocycles. The highest BCUT2D eigenvalue weighted by Crippen LogP contribution is 2.35. The molecule has 0 saturated heterocycles. The van der Waals surface area contributed by atoms with Gasteiger partial charge >= 0.3 is 0 Å². The van der Waals surface area contributed by atoms with Crippen molar-refractivity contribution < 1.29 is 9.53 Å². The summed E-state index contributed by atoms with van der Waals surface area (Å²) in [6.45, 7) is 5.06. The normalized spacial score (nSPS) is 17.1. The second kappa shape index (κ2) is 6.75. The van der Waals surface area contributed by atoms with Crippen LogP contribution in [0.2, 0.25) is 0 Å². The van der Waals surface area contributed by atoms with Crippen LogP contribution in [0.4, 0.5) is 0 Å². The van der Waals surface area contributed by atoms with Crippen molar-refractivity contribution in [2.24, 2.45) is 11.7 Å². The first-order valence-electron chi connectivity index (χ1n) is 7.34. The highest BCUT2D eigenvalue weighted by atomic mass is 16.5. The van der Waals surface area contributed by atoms with Crippen LogP contribution in [-0.2, 0) is 11.2 Å². The van der Waals surface area contributed by atoms with E-state index in [-0.39, 0.29) is 18.6 Å². The van der Waals surface area contributed by atoms with Gasteiger partial charge in [-0.25, -0.2) is 0 Å². The van der Waals surface area contributed by atoms with Gasteiger partial charge in [0.15, 0.2) is 6.61 Å². The molecule has 110 valence electrons. The smallest absolute Gasteiger partial charge is 0.257 e. The van der Waals surface area contributed by atoms with E-state index in [2.05, 4.69) is 19.2 Å². The van der Waals surface area contributed by atoms with Crippen molar-refractivity contribution in [3.63, 3.8) is 0 Å². The maximum Gasteiger partial charge on any atom is 0.257 e. The zero-order chi connectivity index (χ0) is 14.5. The quantitative estimate of drug-likeness (QED) is 0.837. The summed E-state index contributed by atoms with van der Waals surface area (Å²) in [6, 6.07) is 6.00. The van der Waals surface area contributed by atoms with E-state index >= 15 is 0 Å². The van der Waals surface area contributed by atoms with Crippen LogP contribution < -0.4 is 15.8 Å². The maximum absolute atomic E-state index is 11.7. The predicted octanol–water partition coefficient (Wildman–Crippen LogP) is 2.17. The van der Waals surface area contributed by atoms with Gasteiger partial charge in [0.1, 0.15) is 5.75 Å². The standard InChI is InChI=1S/C16H24N2O2/c1-11(2)8-9-18-16(19)10-20-15-5-3-4-12-13(15)6-7-14(12)17/h3-5,11,14H,6-10,17H2,1-2H3,(H,18,19). The van der Waals surface area contributed by atoms with Gasteiger partial charge in [0.25, 0.3) is 5.91 Å². The minimum Gasteiger partial charge on any atom is -0.483 e. The number of ether oxygens (including phenoxy) is 1. The molecule has 1 unspecified atom stereocenters. The first-order chi connectivity index (χ1) is 9.58. The molecule has 0 aromatic heterocycles. The molecule has 1 amide bonds. The molecular formula is C16H24N2O2. The number of hydrogen-bond acceptors (Lipinski definition) is 3. The van der Waals surface area contributed by atoms with E-state index in [4.69, 9.17) is 10.5 Å². The maximum atomic E-state index is 11.7. The molecule has 1 aromatic carbocycles. The number of amides is 1. The van der Waals surface area contributed by atoms with Crippen molar-refractivity contribution in [1.82, 2.24) is 5.32 Å². The van der Waals surface area contributed by atoms with Crippen molar-refractivity contribution >= 4 is 5.91 Å². The summed E-state index contributed by atoms with van der Waals surface area (Å²) in [4.78, 5) is 11.7. The Bertz CT molecular complexity index is 472. The minimum absolute atomic E-state index is 0.0643. The zero-order valence-corrected chi connectivity index (χ0v) is 12.3. The number of rotatable bonds is 6. The largest absolute Gasteiger partial charge is 0.483 e. The molecule has 1 aliphatic rings. The zero-order valence-electron chi connectivity index (χ0n) is 12.3. The molecule has 1 aliphatic carbocycles. The molecular weight excluding hydrogens is 252 g/mol. The van der Waals surface area contributed by atoms with Gasteiger partial charge in [-0.1, -0.05) is 26.0 Å². The Kier molecular flexibility index (Phi) is 5.01. The summed E-state index contributed by atoms with van der Waals surface area (Å²) in [5.74, 6) is 1.33. The molecule has 2 rings (SSSR count). The Balaban J connectivity index is 1.84. The van der Waals surface area contributed by atoms with Gasteiger partial charge in [0.2, 0.25) is 0 Å². The molecule has 20 heavy (non-hydrogen) atoms. The fraction of sp³-hybridized carbons (Fsp3) is 0.562. The molecule has 0 radical (unpaired) electrons. The van der Waals surface area contributed by atoms with Gasteiger partial charge in [-0.05, 0) is 42.4 Å². The molecule has 0 spiro atoms. The molecule has 4 nitrogen and oxygen atoms in total. The number of nitrogens with two attached hydrogens (primary N) is 1. The lowest BCUT2D eigenvalue weighted by Crippen LogP contribution is -2.30. The minimum atomic E-state index is -0.0643. The number of hydrogen-bond donors (Lipinski definition) is 2. The fourth-order valence-electron chi connectivity index (χ4n) is 2.48. The van der Waals surface area contributed by atoms with E-state index in [0.717, 1.165) is 36.1 Å². The van der Waals surface area contributed by atoms with Gasteiger partial charge in [0, 0.05) is 12.6 Å². The van der Waals surface area contributed by atoms with Gasteiger partial charge in [-0.3, -0.25) is 4.79 Å². The number of nitrogens with one attached hydrogen (secondary N) is 1. The highest BCUT2D eigenvalue weighted by molar-refractivity contribution is 5.77. The lowest BCUT2D eigenvalue weighted by Gasteiger charge is -2.12. The SMILES string of the molecule is CC(C)CCNC(=O)COc1cccc2c1CCC2N. The van der Waals surface area contributed by atoms with Crippen LogP contribution in [0.3, 0.4) is 0 Å². The molecule has 1 atom stereocenters. The van der Waals surface area contributed by atoms with E-state index in [1.165, 1.54) is 0 Å². The summed E-state index contributed by atoms with van der Waals surface area (Å²) in [6.07, 6.45) is 2.87. The van der Waals surface area contributed by atoms with E-state index in [1.807, 2.05) is 18.2 Å². The third kappa shape index (κ3) is 3.73. The van der Waals surface area contributed by atoms with Crippen molar-refractivity contribution in [2.45, 2.75) is 39.2 Å². The van der Waals surface area contributed by atoms with Crippen LogP contribution in [0.25, 0.3) is 0 Å². The first kappa shape index (κ1) is 14.9. The lowest BCUT2D eigenvalue weighted by atomic mass is 10.1. The van der Waals surface area contributed by atoms with E-state index < -0.39 is 0 Å². The molecule has 4 heteroatoms. The van der Waals surface area contributed by atoms with Gasteiger partial charge in [0.05, 0.1) is 0 Å². The number of carbonyl (C=O) groups excluding carboxylic acids is 1. The van der Waals surface area contributed by atoms with Crippen LogP contribution in [0.1, 0.15) is 43.9 Å². The van der Waals surface area contributed by atoms with Crippen molar-refractivity contribution in [3.05, 3.63) is 29.3 Å². The molecule has 0 aliphatic heterocycles. The monoisotopic (exact) mass is 276 g/mol. The second-order valence-electron chi connectivity index (χ2n) is 5.79. The number of fused-ring (bicyclic) bond motifs is 1. The highest BCUT2D eigenvalue weighted by Gasteiger charge is 2.22. The van der Waals surface area contributed by atoms with Crippen LogP contribution in [0.15, 0.2) is 18.2 Å². The van der Waals surface area contributed by atoms with Crippen LogP contribution in [0, 0.1) is 5.92 Å². The Morgan fingerprint density at radius 1 is 1.50 bits per heavy atom. The lowest BCUT2D eigenvalue weighted by molar-refractivity contribution is -0.123. The Morgan fingerprint density at radius 2 is 2.30 bits per heavy atom. The average Bonchev–Trinajstić information content (AvgIpc) is 2.78. The van der Waals surface area contributed by atoms with Gasteiger partial charge in [-0.2, -0.15) is 0 Å². The van der Waals surface area contributed by atoms with Gasteiger partial charge in [-0.15, -0.1) is 0 Å². The van der Waals surface area contributed by atoms with E-state index in [0.29, 0.717) is 12.5 Å². The Morgan fingerprint density at radius 3 is 3.05 bits per heavy atom. The second-order valence-corrected chi connectivity index (χ2v) is 5.79. The summed E-state index contributed by atoms with van der Waals surface area (Å²) in [5.41, 5.74) is 8.35. The molecule has 0 fully saturated rings. The Labute approximate surface area is 120 Å². The number of carbonyl (C=O) groups is 1. The molecule has 3 N–H and O–H groups in total. The van der Waals surface area contributed by atoms with Crippen molar-refractivity contribution in [2.75, 3.05) is 13.2 Å². The van der Waals surface area contributed by atoms with Crippen LogP contribution in [0.5, 0.6) is 5.75 Å². The molecule has 1 aromatic rings. The summed E-state index contributed by atoms with van der Waals surface area (Å²) < 4.78 is 5.65. The third-order valence-corrected chi connectivity index (χ3v) is 3.68. The van der Waals surface area contributed by atoms with Crippen LogP contribution in [-0.4, -0.2) is 19.1 Å². The first-order valence-corrected chi connectivity index (χ1v) is 7.34. The average molecular weight is 276 g/mol. The van der Waals surface area contributed by atoms with Gasteiger partial charge < -0.3 is 15.8 Å². The Hall–Kier alpha value is -1.55. The van der Waals surface area contributed by atoms with Crippen LogP contribution >= 0.6 is 0 Å². The summed E-state index contributed by atoms with van der Waals surface area (Å²) >= 11 is 0. The predicted molar refractivity (Wildman–Crippen MR) is 79.7 cm³/mol. The summed E-state index contributed by atoms with van der Waals surface area (Å²) in [7, 11) is 0. The third-order valence-electron chi connectivity index (χ3n) is 3.68. The van der Waals surface area contributed by atoms with Crippen molar-refractivity contribution in [3.8, 4) is 5.75 Å². The fourth-order valence-corrected chi connectivity index (χ4v) is 2.48. The van der Waals surface area contributed by atoms with E-state index in [1.54, 1.807) is 0 Å². The number of benzene rings is 1. The summed E-state index contributed by atoms with van der Waals surface area (Å²) in [5, 5.41) is 2.87. The van der Waals surface area contributed by atoms with Crippen molar-refractivity contribution in [1.29, 1.82) is 0 Å². The topological polar surface area (TPSA) is 64.3 Å². The molecule has 0 saturated carbocycles.